The standard InChI is InChI=1S/C37H70O4/c1-7-30-33(2)34(35(38)40-6)31-28-26-24-22-20-18-16-14-12-10-8-9-11-13-15-17-19-21-23-25-27-29-32-41-36(39)37(3,4)5/h26,28,33-34H,7-25,27,29-32H2,1-6H3/t33-,34-/m1/s1. The van der Waals surface area contributed by atoms with Gasteiger partial charge < -0.3 is 9.47 Å². The summed E-state index contributed by atoms with van der Waals surface area (Å²) >= 11 is 0. The molecule has 2 atom stereocenters. The van der Waals surface area contributed by atoms with E-state index >= 15 is 0 Å². The minimum absolute atomic E-state index is 0.00737. The predicted octanol–water partition coefficient (Wildman–Crippen LogP) is 11.5. The second kappa shape index (κ2) is 27.5. The van der Waals surface area contributed by atoms with Crippen molar-refractivity contribution in [2.45, 2.75) is 182 Å². The molecule has 0 unspecified atom stereocenters. The van der Waals surface area contributed by atoms with Gasteiger partial charge in [-0.3, -0.25) is 9.59 Å². The molecule has 41 heavy (non-hydrogen) atoms. The van der Waals surface area contributed by atoms with Crippen molar-refractivity contribution in [1.29, 1.82) is 0 Å². The summed E-state index contributed by atoms with van der Waals surface area (Å²) in [6, 6.07) is 0. The first kappa shape index (κ1) is 39.7. The van der Waals surface area contributed by atoms with Crippen LogP contribution in [0.25, 0.3) is 0 Å². The molecule has 0 rings (SSSR count). The van der Waals surface area contributed by atoms with Crippen LogP contribution in [0.5, 0.6) is 0 Å². The second-order valence-electron chi connectivity index (χ2n) is 13.5. The number of allylic oxidation sites excluding steroid dienone is 2. The first-order chi connectivity index (χ1) is 19.7. The number of carbonyl (C=O) groups is 2. The maximum Gasteiger partial charge on any atom is 0.311 e. The molecule has 0 aliphatic carbocycles. The van der Waals surface area contributed by atoms with Crippen molar-refractivity contribution < 1.29 is 19.1 Å². The Morgan fingerprint density at radius 1 is 0.659 bits per heavy atom. The van der Waals surface area contributed by atoms with Crippen molar-refractivity contribution >= 4 is 11.9 Å². The van der Waals surface area contributed by atoms with Crippen LogP contribution in [0.2, 0.25) is 0 Å². The number of rotatable bonds is 28. The molecule has 4 heteroatoms. The minimum Gasteiger partial charge on any atom is -0.469 e. The largest absolute Gasteiger partial charge is 0.469 e. The molecule has 0 aromatic carbocycles. The van der Waals surface area contributed by atoms with E-state index in [2.05, 4.69) is 26.0 Å². The highest BCUT2D eigenvalue weighted by molar-refractivity contribution is 5.75. The number of unbranched alkanes of at least 4 members (excludes halogenated alkanes) is 19. The second-order valence-corrected chi connectivity index (χ2v) is 13.5. The Morgan fingerprint density at radius 2 is 1.07 bits per heavy atom. The Bertz CT molecular complexity index is 633. The van der Waals surface area contributed by atoms with Crippen LogP contribution in [-0.2, 0) is 19.1 Å². The van der Waals surface area contributed by atoms with Crippen LogP contribution in [-0.4, -0.2) is 25.7 Å². The summed E-state index contributed by atoms with van der Waals surface area (Å²) in [5, 5.41) is 0. The molecule has 0 aliphatic heterocycles. The Kier molecular flexibility index (Phi) is 26.6. The van der Waals surface area contributed by atoms with E-state index in [0.717, 1.165) is 32.1 Å². The molecule has 0 aromatic heterocycles. The molecular formula is C37H70O4. The van der Waals surface area contributed by atoms with Crippen LogP contribution < -0.4 is 0 Å². The highest BCUT2D eigenvalue weighted by atomic mass is 16.5. The fraction of sp³-hybridized carbons (Fsp3) is 0.892. The number of esters is 2. The van der Waals surface area contributed by atoms with Gasteiger partial charge in [-0.15, -0.1) is 0 Å². The van der Waals surface area contributed by atoms with Crippen LogP contribution in [0.15, 0.2) is 12.2 Å². The van der Waals surface area contributed by atoms with E-state index in [1.807, 2.05) is 20.8 Å². The maximum absolute atomic E-state index is 12.1. The van der Waals surface area contributed by atoms with Crippen molar-refractivity contribution in [3.8, 4) is 0 Å². The third-order valence-corrected chi connectivity index (χ3v) is 8.35. The average Bonchev–Trinajstić information content (AvgIpc) is 2.94. The Balaban J connectivity index is 3.36. The molecule has 0 bridgehead atoms. The van der Waals surface area contributed by atoms with Gasteiger partial charge in [0.1, 0.15) is 0 Å². The van der Waals surface area contributed by atoms with Crippen LogP contribution in [0.4, 0.5) is 0 Å². The van der Waals surface area contributed by atoms with E-state index < -0.39 is 0 Å². The average molecular weight is 579 g/mol. The molecule has 0 saturated heterocycles. The van der Waals surface area contributed by atoms with Crippen molar-refractivity contribution in [1.82, 2.24) is 0 Å². The van der Waals surface area contributed by atoms with Crippen LogP contribution in [0, 0.1) is 17.3 Å². The summed E-state index contributed by atoms with van der Waals surface area (Å²) in [5.41, 5.74) is -0.381. The zero-order chi connectivity index (χ0) is 30.6. The number of ether oxygens (including phenoxy) is 2. The maximum atomic E-state index is 12.1. The summed E-state index contributed by atoms with van der Waals surface area (Å²) in [5.74, 6) is 0.258. The summed E-state index contributed by atoms with van der Waals surface area (Å²) in [7, 11) is 1.51. The predicted molar refractivity (Wildman–Crippen MR) is 176 cm³/mol. The Labute approximate surface area is 256 Å². The fourth-order valence-corrected chi connectivity index (χ4v) is 5.48. The molecule has 0 heterocycles. The van der Waals surface area contributed by atoms with Gasteiger partial charge in [0.05, 0.1) is 25.0 Å². The lowest BCUT2D eigenvalue weighted by Gasteiger charge is -2.19. The van der Waals surface area contributed by atoms with Crippen molar-refractivity contribution in [3.63, 3.8) is 0 Å². The topological polar surface area (TPSA) is 52.6 Å². The van der Waals surface area contributed by atoms with Crippen LogP contribution in [0.3, 0.4) is 0 Å². The third kappa shape index (κ3) is 24.9. The first-order valence-electron chi connectivity index (χ1n) is 17.6. The van der Waals surface area contributed by atoms with E-state index in [4.69, 9.17) is 9.47 Å². The number of hydrogen-bond donors (Lipinski definition) is 0. The zero-order valence-electron chi connectivity index (χ0n) is 28.4. The molecule has 0 N–H and O–H groups in total. The number of methoxy groups -OCH3 is 1. The molecule has 0 amide bonds. The van der Waals surface area contributed by atoms with Gasteiger partial charge in [-0.1, -0.05) is 148 Å². The van der Waals surface area contributed by atoms with Crippen molar-refractivity contribution in [2.75, 3.05) is 13.7 Å². The highest BCUT2D eigenvalue weighted by Crippen LogP contribution is 2.23. The normalized spacial score (nSPS) is 13.4. The SMILES string of the molecule is CCC[C@@H](C)[C@@H](CC=CCCCCCCCCCCCCCCCCCCCCCOC(=O)C(C)(C)C)C(=O)OC. The summed E-state index contributed by atoms with van der Waals surface area (Å²) in [6.07, 6.45) is 34.1. The number of carbonyl (C=O) groups excluding carboxylic acids is 2. The molecule has 0 radical (unpaired) electrons. The van der Waals surface area contributed by atoms with Crippen molar-refractivity contribution in [2.24, 2.45) is 17.3 Å². The van der Waals surface area contributed by atoms with Crippen LogP contribution >= 0.6 is 0 Å². The quantitative estimate of drug-likeness (QED) is 0.0526. The van der Waals surface area contributed by atoms with Gasteiger partial charge in [-0.25, -0.2) is 0 Å². The van der Waals surface area contributed by atoms with E-state index in [9.17, 15) is 9.59 Å². The van der Waals surface area contributed by atoms with Gasteiger partial charge in [-0.05, 0) is 52.4 Å². The number of hydrogen-bond acceptors (Lipinski definition) is 4. The Morgan fingerprint density at radius 3 is 1.46 bits per heavy atom. The molecule has 0 saturated carbocycles. The molecule has 0 spiro atoms. The van der Waals surface area contributed by atoms with Crippen molar-refractivity contribution in [3.05, 3.63) is 12.2 Å². The lowest BCUT2D eigenvalue weighted by atomic mass is 9.87. The lowest BCUT2D eigenvalue weighted by Crippen LogP contribution is -2.23. The molecule has 0 aromatic rings. The molecule has 4 nitrogen and oxygen atoms in total. The van der Waals surface area contributed by atoms with Gasteiger partial charge >= 0.3 is 11.9 Å². The van der Waals surface area contributed by atoms with E-state index in [-0.39, 0.29) is 23.3 Å². The van der Waals surface area contributed by atoms with Gasteiger partial charge in [0.25, 0.3) is 0 Å². The zero-order valence-corrected chi connectivity index (χ0v) is 28.4. The highest BCUT2D eigenvalue weighted by Gasteiger charge is 2.24. The van der Waals surface area contributed by atoms with Gasteiger partial charge in [0.2, 0.25) is 0 Å². The fourth-order valence-electron chi connectivity index (χ4n) is 5.48. The smallest absolute Gasteiger partial charge is 0.311 e. The van der Waals surface area contributed by atoms with E-state index in [0.29, 0.717) is 12.5 Å². The molecule has 242 valence electrons. The monoisotopic (exact) mass is 579 g/mol. The third-order valence-electron chi connectivity index (χ3n) is 8.35. The Hall–Kier alpha value is -1.32. The van der Waals surface area contributed by atoms with Gasteiger partial charge in [0, 0.05) is 0 Å². The molecular weight excluding hydrogens is 508 g/mol. The minimum atomic E-state index is -0.381. The lowest BCUT2D eigenvalue weighted by molar-refractivity contribution is -0.153. The van der Waals surface area contributed by atoms with E-state index in [1.54, 1.807) is 0 Å². The summed E-state index contributed by atoms with van der Waals surface area (Å²) in [4.78, 5) is 23.8. The first-order valence-corrected chi connectivity index (χ1v) is 17.6. The summed E-state index contributed by atoms with van der Waals surface area (Å²) in [6.45, 7) is 10.6. The molecule has 0 fully saturated rings. The van der Waals surface area contributed by atoms with E-state index in [1.165, 1.54) is 123 Å². The van der Waals surface area contributed by atoms with Crippen LogP contribution in [0.1, 0.15) is 182 Å². The van der Waals surface area contributed by atoms with Gasteiger partial charge in [0.15, 0.2) is 0 Å². The van der Waals surface area contributed by atoms with Gasteiger partial charge in [-0.2, -0.15) is 0 Å². The molecule has 0 aliphatic rings. The summed E-state index contributed by atoms with van der Waals surface area (Å²) < 4.78 is 10.3.